The first-order chi connectivity index (χ1) is 13.9. The maximum Gasteiger partial charge on any atom is 0.260 e. The van der Waals surface area contributed by atoms with Gasteiger partial charge in [-0.2, -0.15) is 0 Å². The molecule has 1 heterocycles. The van der Waals surface area contributed by atoms with Gasteiger partial charge in [-0.15, -0.1) is 0 Å². The third-order valence-electron chi connectivity index (χ3n) is 4.64. The number of carbonyl (C=O) groups is 2. The summed E-state index contributed by atoms with van der Waals surface area (Å²) in [6.45, 7) is 4.21. The van der Waals surface area contributed by atoms with E-state index in [2.05, 4.69) is 5.32 Å². The summed E-state index contributed by atoms with van der Waals surface area (Å²) in [5.41, 5.74) is 1.43. The Balaban J connectivity index is 1.42. The van der Waals surface area contributed by atoms with Crippen LogP contribution in [0.2, 0.25) is 5.02 Å². The minimum atomic E-state index is -0.399. The fourth-order valence-electron chi connectivity index (χ4n) is 3.08. The first kappa shape index (κ1) is 21.1. The highest BCUT2D eigenvalue weighted by Gasteiger charge is 2.23. The molecule has 2 amide bonds. The van der Waals surface area contributed by atoms with Crippen LogP contribution in [0.5, 0.6) is 5.75 Å². The standard InChI is InChI=1S/C21H23ClFN3O3/c1-15-5-6-18(22)19(11-15)29-14-21(28)26-9-7-25(8-10-26)13-20(27)24-17-4-2-3-16(23)12-17/h2-6,11-12H,7-10,13-14H2,1H3,(H,24,27). The molecule has 0 atom stereocenters. The van der Waals surface area contributed by atoms with E-state index in [9.17, 15) is 14.0 Å². The van der Waals surface area contributed by atoms with E-state index in [0.29, 0.717) is 42.6 Å². The lowest BCUT2D eigenvalue weighted by atomic mass is 10.2. The average molecular weight is 420 g/mol. The average Bonchev–Trinajstić information content (AvgIpc) is 2.69. The van der Waals surface area contributed by atoms with Crippen LogP contribution >= 0.6 is 11.6 Å². The number of nitrogens with zero attached hydrogens (tertiary/aromatic N) is 2. The number of benzene rings is 2. The summed E-state index contributed by atoms with van der Waals surface area (Å²) in [6.07, 6.45) is 0. The number of nitrogens with one attached hydrogen (secondary N) is 1. The van der Waals surface area contributed by atoms with Crippen LogP contribution in [0.3, 0.4) is 0 Å². The molecule has 0 aliphatic carbocycles. The zero-order valence-electron chi connectivity index (χ0n) is 16.2. The lowest BCUT2D eigenvalue weighted by Crippen LogP contribution is -2.51. The number of halogens is 2. The third kappa shape index (κ3) is 6.17. The molecule has 1 saturated heterocycles. The number of carbonyl (C=O) groups excluding carboxylic acids is 2. The van der Waals surface area contributed by atoms with Crippen LogP contribution in [0, 0.1) is 12.7 Å². The van der Waals surface area contributed by atoms with Crippen LogP contribution < -0.4 is 10.1 Å². The molecule has 1 N–H and O–H groups in total. The molecule has 3 rings (SSSR count). The molecule has 8 heteroatoms. The second kappa shape index (κ2) is 9.71. The predicted octanol–water partition coefficient (Wildman–Crippen LogP) is 2.95. The van der Waals surface area contributed by atoms with Crippen LogP contribution in [0.25, 0.3) is 0 Å². The minimum absolute atomic E-state index is 0.0801. The van der Waals surface area contributed by atoms with Crippen molar-refractivity contribution in [3.63, 3.8) is 0 Å². The normalized spacial score (nSPS) is 14.5. The van der Waals surface area contributed by atoms with Gasteiger partial charge in [0.1, 0.15) is 11.6 Å². The molecule has 2 aromatic rings. The summed E-state index contributed by atoms with van der Waals surface area (Å²) in [5, 5.41) is 3.15. The molecule has 1 aliphatic rings. The van der Waals surface area contributed by atoms with Crippen molar-refractivity contribution < 1.29 is 18.7 Å². The van der Waals surface area contributed by atoms with Crippen LogP contribution in [0.15, 0.2) is 42.5 Å². The molecule has 29 heavy (non-hydrogen) atoms. The minimum Gasteiger partial charge on any atom is -0.482 e. The maximum absolute atomic E-state index is 13.2. The number of hydrogen-bond acceptors (Lipinski definition) is 4. The molecule has 0 saturated carbocycles. The van der Waals surface area contributed by atoms with Gasteiger partial charge in [-0.25, -0.2) is 4.39 Å². The number of aryl methyl sites for hydroxylation is 1. The van der Waals surface area contributed by atoms with E-state index in [1.165, 1.54) is 12.1 Å². The molecule has 0 aromatic heterocycles. The molecule has 0 bridgehead atoms. The number of amides is 2. The fourth-order valence-corrected chi connectivity index (χ4v) is 3.25. The lowest BCUT2D eigenvalue weighted by Gasteiger charge is -2.34. The highest BCUT2D eigenvalue weighted by atomic mass is 35.5. The lowest BCUT2D eigenvalue weighted by molar-refractivity contribution is -0.135. The van der Waals surface area contributed by atoms with Gasteiger partial charge in [0.2, 0.25) is 5.91 Å². The van der Waals surface area contributed by atoms with E-state index in [-0.39, 0.29) is 25.0 Å². The van der Waals surface area contributed by atoms with E-state index < -0.39 is 5.82 Å². The topological polar surface area (TPSA) is 61.9 Å². The highest BCUT2D eigenvalue weighted by molar-refractivity contribution is 6.32. The Morgan fingerprint density at radius 1 is 1.14 bits per heavy atom. The van der Waals surface area contributed by atoms with E-state index in [1.807, 2.05) is 17.9 Å². The number of anilines is 1. The predicted molar refractivity (Wildman–Crippen MR) is 110 cm³/mol. The van der Waals surface area contributed by atoms with Crippen LogP contribution in [-0.2, 0) is 9.59 Å². The number of piperazine rings is 1. The smallest absolute Gasteiger partial charge is 0.260 e. The summed E-state index contributed by atoms with van der Waals surface area (Å²) in [7, 11) is 0. The van der Waals surface area contributed by atoms with Crippen molar-refractivity contribution in [2.24, 2.45) is 0 Å². The Morgan fingerprint density at radius 2 is 1.90 bits per heavy atom. The van der Waals surface area contributed by atoms with Crippen molar-refractivity contribution in [3.8, 4) is 5.75 Å². The van der Waals surface area contributed by atoms with Gasteiger partial charge in [0.05, 0.1) is 11.6 Å². The van der Waals surface area contributed by atoms with Crippen LogP contribution in [0.1, 0.15) is 5.56 Å². The van der Waals surface area contributed by atoms with Gasteiger partial charge < -0.3 is 15.0 Å². The Bertz CT molecular complexity index is 885. The summed E-state index contributed by atoms with van der Waals surface area (Å²) < 4.78 is 18.8. The molecular formula is C21H23ClFN3O3. The second-order valence-corrected chi connectivity index (χ2v) is 7.35. The largest absolute Gasteiger partial charge is 0.482 e. The highest BCUT2D eigenvalue weighted by Crippen LogP contribution is 2.25. The number of ether oxygens (including phenoxy) is 1. The molecule has 6 nitrogen and oxygen atoms in total. The molecule has 0 unspecified atom stereocenters. The molecular weight excluding hydrogens is 397 g/mol. The molecule has 0 radical (unpaired) electrons. The zero-order valence-corrected chi connectivity index (χ0v) is 16.9. The van der Waals surface area contributed by atoms with E-state index >= 15 is 0 Å². The van der Waals surface area contributed by atoms with Crippen molar-refractivity contribution in [3.05, 3.63) is 58.9 Å². The van der Waals surface area contributed by atoms with Crippen molar-refractivity contribution >= 4 is 29.1 Å². The van der Waals surface area contributed by atoms with Crippen LogP contribution in [-0.4, -0.2) is 60.9 Å². The van der Waals surface area contributed by atoms with Crippen molar-refractivity contribution in [1.29, 1.82) is 0 Å². The van der Waals surface area contributed by atoms with Gasteiger partial charge in [0.15, 0.2) is 6.61 Å². The molecule has 0 spiro atoms. The van der Waals surface area contributed by atoms with E-state index in [0.717, 1.165) is 5.56 Å². The van der Waals surface area contributed by atoms with E-state index in [1.54, 1.807) is 29.2 Å². The van der Waals surface area contributed by atoms with Gasteiger partial charge in [-0.05, 0) is 42.8 Å². The van der Waals surface area contributed by atoms with Gasteiger partial charge >= 0.3 is 0 Å². The van der Waals surface area contributed by atoms with Gasteiger partial charge in [-0.1, -0.05) is 23.7 Å². The Morgan fingerprint density at radius 3 is 2.62 bits per heavy atom. The second-order valence-electron chi connectivity index (χ2n) is 6.94. The van der Waals surface area contributed by atoms with Gasteiger partial charge in [-0.3, -0.25) is 14.5 Å². The first-order valence-corrected chi connectivity index (χ1v) is 9.73. The fraction of sp³-hybridized carbons (Fsp3) is 0.333. The third-order valence-corrected chi connectivity index (χ3v) is 4.95. The zero-order chi connectivity index (χ0) is 20.8. The molecule has 1 aliphatic heterocycles. The SMILES string of the molecule is Cc1ccc(Cl)c(OCC(=O)N2CCN(CC(=O)Nc3cccc(F)c3)CC2)c1. The summed E-state index contributed by atoms with van der Waals surface area (Å²) in [6, 6.07) is 11.2. The van der Waals surface area contributed by atoms with Crippen molar-refractivity contribution in [2.75, 3.05) is 44.6 Å². The van der Waals surface area contributed by atoms with Crippen molar-refractivity contribution in [1.82, 2.24) is 9.80 Å². The Kier molecular flexibility index (Phi) is 7.06. The van der Waals surface area contributed by atoms with Crippen LogP contribution in [0.4, 0.5) is 10.1 Å². The first-order valence-electron chi connectivity index (χ1n) is 9.35. The molecule has 154 valence electrons. The Labute approximate surface area is 174 Å². The summed E-state index contributed by atoms with van der Waals surface area (Å²) >= 11 is 6.08. The maximum atomic E-state index is 13.2. The number of hydrogen-bond donors (Lipinski definition) is 1. The summed E-state index contributed by atoms with van der Waals surface area (Å²) in [4.78, 5) is 28.2. The van der Waals surface area contributed by atoms with Crippen molar-refractivity contribution in [2.45, 2.75) is 6.92 Å². The van der Waals surface area contributed by atoms with Gasteiger partial charge in [0, 0.05) is 31.9 Å². The summed E-state index contributed by atoms with van der Waals surface area (Å²) in [5.74, 6) is -0.240. The quantitative estimate of drug-likeness (QED) is 0.782. The monoisotopic (exact) mass is 419 g/mol. The van der Waals surface area contributed by atoms with Gasteiger partial charge in [0.25, 0.3) is 5.91 Å². The number of rotatable bonds is 6. The van der Waals surface area contributed by atoms with E-state index in [4.69, 9.17) is 16.3 Å². The molecule has 2 aromatic carbocycles. The molecule has 1 fully saturated rings. The Hall–Kier alpha value is -2.64.